The Bertz CT molecular complexity index is 120. The molecule has 0 bridgehead atoms. The van der Waals surface area contributed by atoms with Crippen molar-refractivity contribution in [1.82, 2.24) is 5.48 Å². The summed E-state index contributed by atoms with van der Waals surface area (Å²) in [6.07, 6.45) is 6.37. The first kappa shape index (κ1) is 14.9. The molecule has 91 valence electrons. The molecular weight excluding hydrogens is 190 g/mol. The van der Waals surface area contributed by atoms with E-state index in [-0.39, 0.29) is 6.29 Å². The van der Waals surface area contributed by atoms with Gasteiger partial charge in [-0.2, -0.15) is 0 Å². The van der Waals surface area contributed by atoms with Crippen molar-refractivity contribution in [3.8, 4) is 0 Å². The quantitative estimate of drug-likeness (QED) is 0.302. The van der Waals surface area contributed by atoms with Gasteiger partial charge in [0.25, 0.3) is 0 Å². The van der Waals surface area contributed by atoms with Gasteiger partial charge in [0.2, 0.25) is 0 Å². The number of hydrogen-bond donors (Lipinski definition) is 0. The van der Waals surface area contributed by atoms with Gasteiger partial charge >= 0.3 is 0 Å². The molecule has 0 aromatic heterocycles. The van der Waals surface area contributed by atoms with E-state index < -0.39 is 0 Å². The number of hydroxylamine groups is 1. The second-order valence-electron chi connectivity index (χ2n) is 3.75. The van der Waals surface area contributed by atoms with Crippen molar-refractivity contribution >= 4 is 0 Å². The number of hydrogen-bond acceptors (Lipinski definition) is 2. The van der Waals surface area contributed by atoms with Gasteiger partial charge in [0, 0.05) is 13.2 Å². The minimum atomic E-state index is -0.126. The Balaban J connectivity index is 3.44. The lowest BCUT2D eigenvalue weighted by Gasteiger charge is -2.16. The van der Waals surface area contributed by atoms with E-state index in [0.717, 1.165) is 51.7 Å². The van der Waals surface area contributed by atoms with E-state index in [1.54, 1.807) is 0 Å². The van der Waals surface area contributed by atoms with Crippen LogP contribution in [0.25, 0.3) is 0 Å². The maximum Gasteiger partial charge on any atom is 0.179 e. The van der Waals surface area contributed by atoms with Crippen LogP contribution in [-0.4, -0.2) is 19.4 Å². The smallest absolute Gasteiger partial charge is 0.179 e. The van der Waals surface area contributed by atoms with Crippen LogP contribution in [0.4, 0.5) is 0 Å². The van der Waals surface area contributed by atoms with Crippen LogP contribution in [-0.2, 0) is 9.57 Å². The van der Waals surface area contributed by atoms with Crippen molar-refractivity contribution in [3.63, 3.8) is 0 Å². The zero-order valence-corrected chi connectivity index (χ0v) is 10.5. The predicted molar refractivity (Wildman–Crippen MR) is 62.6 cm³/mol. The molecule has 0 amide bonds. The molecule has 0 aliphatic carbocycles. The third-order valence-corrected chi connectivity index (χ3v) is 2.12. The van der Waals surface area contributed by atoms with Crippen LogP contribution in [0.15, 0.2) is 0 Å². The SMILES string of the molecule is CCCC[N]OC(CCC)OCCCC. The molecule has 0 aromatic rings. The van der Waals surface area contributed by atoms with Gasteiger partial charge in [0.1, 0.15) is 0 Å². The van der Waals surface area contributed by atoms with Crippen LogP contribution in [0, 0.1) is 0 Å². The van der Waals surface area contributed by atoms with E-state index in [1.807, 2.05) is 0 Å². The summed E-state index contributed by atoms with van der Waals surface area (Å²) in [7, 11) is 0. The van der Waals surface area contributed by atoms with Crippen LogP contribution >= 0.6 is 0 Å². The molecule has 0 N–H and O–H groups in total. The van der Waals surface area contributed by atoms with Gasteiger partial charge in [-0.3, -0.25) is 4.84 Å². The molecule has 0 spiro atoms. The van der Waals surface area contributed by atoms with E-state index in [2.05, 4.69) is 26.3 Å². The van der Waals surface area contributed by atoms with Crippen LogP contribution < -0.4 is 5.48 Å². The van der Waals surface area contributed by atoms with E-state index in [0.29, 0.717) is 0 Å². The molecule has 0 rings (SSSR count). The maximum atomic E-state index is 5.59. The van der Waals surface area contributed by atoms with Gasteiger partial charge in [0.05, 0.1) is 0 Å². The van der Waals surface area contributed by atoms with E-state index >= 15 is 0 Å². The first-order valence-corrected chi connectivity index (χ1v) is 6.29. The highest BCUT2D eigenvalue weighted by Gasteiger charge is 2.08. The third kappa shape index (κ3) is 10.2. The Morgan fingerprint density at radius 3 is 2.33 bits per heavy atom. The molecule has 0 aliphatic rings. The molecule has 1 atom stereocenters. The Morgan fingerprint density at radius 2 is 1.73 bits per heavy atom. The fourth-order valence-corrected chi connectivity index (χ4v) is 1.12. The molecule has 0 aliphatic heterocycles. The second-order valence-corrected chi connectivity index (χ2v) is 3.75. The monoisotopic (exact) mass is 216 g/mol. The largest absolute Gasteiger partial charge is 0.351 e. The zero-order chi connectivity index (χ0) is 11.4. The van der Waals surface area contributed by atoms with Crippen molar-refractivity contribution in [2.45, 2.75) is 65.6 Å². The molecule has 0 heterocycles. The van der Waals surface area contributed by atoms with Gasteiger partial charge in [-0.15, -0.1) is 0 Å². The van der Waals surface area contributed by atoms with E-state index in [4.69, 9.17) is 9.57 Å². The maximum absolute atomic E-state index is 5.59. The first-order chi connectivity index (χ1) is 7.35. The second kappa shape index (κ2) is 12.0. The van der Waals surface area contributed by atoms with Crippen LogP contribution in [0.5, 0.6) is 0 Å². The molecule has 3 heteroatoms. The van der Waals surface area contributed by atoms with Crippen molar-refractivity contribution < 1.29 is 9.57 Å². The first-order valence-electron chi connectivity index (χ1n) is 6.29. The van der Waals surface area contributed by atoms with Crippen molar-refractivity contribution in [3.05, 3.63) is 0 Å². The van der Waals surface area contributed by atoms with Crippen molar-refractivity contribution in [1.29, 1.82) is 0 Å². The normalized spacial score (nSPS) is 13.0. The number of ether oxygens (including phenoxy) is 1. The molecule has 3 nitrogen and oxygen atoms in total. The van der Waals surface area contributed by atoms with Crippen LogP contribution in [0.2, 0.25) is 0 Å². The highest BCUT2D eigenvalue weighted by atomic mass is 16.8. The molecular formula is C12H26NO2. The number of rotatable bonds is 11. The van der Waals surface area contributed by atoms with E-state index in [1.165, 1.54) is 0 Å². The lowest BCUT2D eigenvalue weighted by atomic mass is 10.3. The molecule has 0 aromatic carbocycles. The lowest BCUT2D eigenvalue weighted by molar-refractivity contribution is -0.187. The standard InChI is InChI=1S/C12H26NO2/c1-4-7-10-13-15-12(9-6-3)14-11-8-5-2/h12H,4-11H2,1-3H3. The third-order valence-electron chi connectivity index (χ3n) is 2.12. The summed E-state index contributed by atoms with van der Waals surface area (Å²) in [6, 6.07) is 0. The van der Waals surface area contributed by atoms with Gasteiger partial charge in [0.15, 0.2) is 6.29 Å². The van der Waals surface area contributed by atoms with Crippen molar-refractivity contribution in [2.75, 3.05) is 13.2 Å². The average Bonchev–Trinajstić information content (AvgIpc) is 2.24. The summed E-state index contributed by atoms with van der Waals surface area (Å²) >= 11 is 0. The minimum Gasteiger partial charge on any atom is -0.351 e. The Kier molecular flexibility index (Phi) is 11.9. The van der Waals surface area contributed by atoms with Crippen LogP contribution in [0.3, 0.4) is 0 Å². The fraction of sp³-hybridized carbons (Fsp3) is 1.00. The number of nitrogens with zero attached hydrogens (tertiary/aromatic N) is 1. The summed E-state index contributed by atoms with van der Waals surface area (Å²) in [6.45, 7) is 8.01. The molecule has 0 fully saturated rings. The molecule has 15 heavy (non-hydrogen) atoms. The zero-order valence-electron chi connectivity index (χ0n) is 10.5. The van der Waals surface area contributed by atoms with Gasteiger partial charge in [-0.25, -0.2) is 0 Å². The van der Waals surface area contributed by atoms with E-state index in [9.17, 15) is 0 Å². The molecule has 0 saturated heterocycles. The summed E-state index contributed by atoms with van der Waals surface area (Å²) in [5.74, 6) is 0. The summed E-state index contributed by atoms with van der Waals surface area (Å²) < 4.78 is 5.59. The summed E-state index contributed by atoms with van der Waals surface area (Å²) in [5, 5.41) is 0. The average molecular weight is 216 g/mol. The Hall–Kier alpha value is -0.120. The van der Waals surface area contributed by atoms with Gasteiger partial charge < -0.3 is 4.74 Å². The summed E-state index contributed by atoms with van der Waals surface area (Å²) in [5.41, 5.74) is 4.03. The Labute approximate surface area is 94.5 Å². The van der Waals surface area contributed by atoms with Gasteiger partial charge in [-0.05, 0) is 19.3 Å². The number of unbranched alkanes of at least 4 members (excludes halogenated alkanes) is 2. The summed E-state index contributed by atoms with van der Waals surface area (Å²) in [4.78, 5) is 5.33. The molecule has 0 saturated carbocycles. The van der Waals surface area contributed by atoms with Gasteiger partial charge in [-0.1, -0.05) is 45.5 Å². The van der Waals surface area contributed by atoms with Crippen LogP contribution in [0.1, 0.15) is 59.3 Å². The highest BCUT2D eigenvalue weighted by Crippen LogP contribution is 2.04. The molecule has 1 unspecified atom stereocenters. The fourth-order valence-electron chi connectivity index (χ4n) is 1.12. The topological polar surface area (TPSA) is 32.6 Å². The Morgan fingerprint density at radius 1 is 1.00 bits per heavy atom. The highest BCUT2D eigenvalue weighted by molar-refractivity contribution is 4.44. The minimum absolute atomic E-state index is 0.126. The van der Waals surface area contributed by atoms with Crippen molar-refractivity contribution in [2.24, 2.45) is 0 Å². The lowest BCUT2D eigenvalue weighted by Crippen LogP contribution is -2.23. The predicted octanol–water partition coefficient (Wildman–Crippen LogP) is 3.27. The molecule has 1 radical (unpaired) electrons.